The molecule has 0 amide bonds. The van der Waals surface area contributed by atoms with Crippen molar-refractivity contribution in [1.29, 1.82) is 0 Å². The topological polar surface area (TPSA) is 63.6 Å². The Hall–Kier alpha value is -2.92. The maximum atomic E-state index is 11.4. The number of aldehydes is 1. The van der Waals surface area contributed by atoms with Crippen molar-refractivity contribution < 1.29 is 19.4 Å². The van der Waals surface area contributed by atoms with Gasteiger partial charge in [0.2, 0.25) is 0 Å². The van der Waals surface area contributed by atoms with Gasteiger partial charge in [0.15, 0.2) is 5.60 Å². The summed E-state index contributed by atoms with van der Waals surface area (Å²) < 4.78 is 6.96. The molecule has 1 N–H and O–H groups in total. The third-order valence-electron chi connectivity index (χ3n) is 4.28. The first kappa shape index (κ1) is 18.9. The molecule has 3 rings (SSSR count). The number of carboxylic acid groups (broad SMARTS) is 1. The SMILES string of the molecule is Cc1cc(OC(C)(C)C(=O)O)c(/C=C/C=O)cc1-c1cc2ccccc2s1. The van der Waals surface area contributed by atoms with E-state index in [-0.39, 0.29) is 0 Å². The normalized spacial score (nSPS) is 11.8. The van der Waals surface area contributed by atoms with Crippen molar-refractivity contribution in [3.05, 3.63) is 59.7 Å². The molecule has 1 heterocycles. The highest BCUT2D eigenvalue weighted by molar-refractivity contribution is 7.22. The van der Waals surface area contributed by atoms with E-state index in [0.717, 1.165) is 16.0 Å². The number of hydrogen-bond acceptors (Lipinski definition) is 4. The second-order valence-corrected chi connectivity index (χ2v) is 7.85. The third-order valence-corrected chi connectivity index (χ3v) is 5.43. The Kier molecular flexibility index (Phi) is 5.15. The van der Waals surface area contributed by atoms with Gasteiger partial charge in [0.05, 0.1) is 0 Å². The zero-order chi connectivity index (χ0) is 19.6. The molecule has 0 atom stereocenters. The second kappa shape index (κ2) is 7.37. The minimum atomic E-state index is -1.38. The lowest BCUT2D eigenvalue weighted by Gasteiger charge is -2.23. The molecule has 0 unspecified atom stereocenters. The standard InChI is InChI=1S/C22H20O4S/c1-14-11-18(26-22(2,3)21(24)25)15(8-6-10-23)12-17(14)20-13-16-7-4-5-9-19(16)27-20/h4-13H,1-3H3,(H,24,25)/b8-6+. The lowest BCUT2D eigenvalue weighted by atomic mass is 10.0. The fourth-order valence-corrected chi connectivity index (χ4v) is 3.90. The summed E-state index contributed by atoms with van der Waals surface area (Å²) in [7, 11) is 0. The number of aryl methyl sites for hydroxylation is 1. The lowest BCUT2D eigenvalue weighted by molar-refractivity contribution is -0.152. The number of ether oxygens (including phenoxy) is 1. The van der Waals surface area contributed by atoms with Crippen LogP contribution in [0.1, 0.15) is 25.0 Å². The van der Waals surface area contributed by atoms with Gasteiger partial charge >= 0.3 is 5.97 Å². The minimum Gasteiger partial charge on any atom is -0.478 e. The van der Waals surface area contributed by atoms with E-state index in [4.69, 9.17) is 4.74 Å². The van der Waals surface area contributed by atoms with E-state index in [9.17, 15) is 14.7 Å². The van der Waals surface area contributed by atoms with Gasteiger partial charge in [-0.1, -0.05) is 18.2 Å². The Morgan fingerprint density at radius 2 is 1.93 bits per heavy atom. The van der Waals surface area contributed by atoms with Crippen LogP contribution in [-0.4, -0.2) is 23.0 Å². The van der Waals surface area contributed by atoms with E-state index in [0.29, 0.717) is 17.6 Å². The third kappa shape index (κ3) is 3.93. The van der Waals surface area contributed by atoms with Gasteiger partial charge in [-0.15, -0.1) is 11.3 Å². The molecule has 4 nitrogen and oxygen atoms in total. The van der Waals surface area contributed by atoms with Crippen LogP contribution in [0.3, 0.4) is 0 Å². The zero-order valence-electron chi connectivity index (χ0n) is 15.4. The van der Waals surface area contributed by atoms with Gasteiger partial charge < -0.3 is 9.84 Å². The number of allylic oxidation sites excluding steroid dienone is 1. The van der Waals surface area contributed by atoms with Crippen LogP contribution >= 0.6 is 11.3 Å². The monoisotopic (exact) mass is 380 g/mol. The van der Waals surface area contributed by atoms with E-state index in [2.05, 4.69) is 18.2 Å². The summed E-state index contributed by atoms with van der Waals surface area (Å²) in [5.74, 6) is -0.623. The van der Waals surface area contributed by atoms with Crippen molar-refractivity contribution in [2.75, 3.05) is 0 Å². The Balaban J connectivity index is 2.12. The first-order chi connectivity index (χ1) is 12.8. The number of carboxylic acids is 1. The Bertz CT molecular complexity index is 1010. The van der Waals surface area contributed by atoms with Crippen molar-refractivity contribution in [3.8, 4) is 16.2 Å². The summed E-state index contributed by atoms with van der Waals surface area (Å²) in [5.41, 5.74) is 1.28. The molecule has 0 saturated heterocycles. The van der Waals surface area contributed by atoms with E-state index >= 15 is 0 Å². The highest BCUT2D eigenvalue weighted by atomic mass is 32.1. The Morgan fingerprint density at radius 3 is 2.59 bits per heavy atom. The molecule has 3 aromatic rings. The van der Waals surface area contributed by atoms with Crippen molar-refractivity contribution in [2.24, 2.45) is 0 Å². The molecule has 0 aliphatic heterocycles. The molecule has 138 valence electrons. The molecule has 2 aromatic carbocycles. The fourth-order valence-electron chi connectivity index (χ4n) is 2.76. The van der Waals surface area contributed by atoms with Crippen molar-refractivity contribution in [3.63, 3.8) is 0 Å². The second-order valence-electron chi connectivity index (χ2n) is 6.77. The maximum Gasteiger partial charge on any atom is 0.347 e. The van der Waals surface area contributed by atoms with Gasteiger partial charge in [-0.05, 0) is 73.7 Å². The molecule has 0 radical (unpaired) electrons. The van der Waals surface area contributed by atoms with Gasteiger partial charge in [-0.2, -0.15) is 0 Å². The van der Waals surface area contributed by atoms with Crippen molar-refractivity contribution >= 4 is 39.8 Å². The van der Waals surface area contributed by atoms with Crippen LogP contribution in [-0.2, 0) is 9.59 Å². The number of hydrogen-bond donors (Lipinski definition) is 1. The van der Waals surface area contributed by atoms with Crippen LogP contribution in [0.15, 0.2) is 48.5 Å². The molecule has 0 aliphatic carbocycles. The summed E-state index contributed by atoms with van der Waals surface area (Å²) >= 11 is 1.69. The molecule has 0 aliphatic rings. The molecule has 0 saturated carbocycles. The molecule has 1 aromatic heterocycles. The van der Waals surface area contributed by atoms with Crippen LogP contribution in [0.25, 0.3) is 26.6 Å². The van der Waals surface area contributed by atoms with Gasteiger partial charge in [-0.25, -0.2) is 4.79 Å². The van der Waals surface area contributed by atoms with Crippen LogP contribution in [0.4, 0.5) is 0 Å². The maximum absolute atomic E-state index is 11.4. The molecule has 0 fully saturated rings. The summed E-state index contributed by atoms with van der Waals surface area (Å²) in [6.45, 7) is 4.96. The van der Waals surface area contributed by atoms with Crippen LogP contribution in [0.5, 0.6) is 5.75 Å². The van der Waals surface area contributed by atoms with E-state index in [1.54, 1.807) is 17.4 Å². The van der Waals surface area contributed by atoms with Crippen molar-refractivity contribution in [2.45, 2.75) is 26.4 Å². The molecule has 27 heavy (non-hydrogen) atoms. The summed E-state index contributed by atoms with van der Waals surface area (Å²) in [4.78, 5) is 23.3. The number of carbonyl (C=O) groups excluding carboxylic acids is 1. The van der Waals surface area contributed by atoms with Gasteiger partial charge in [-0.3, -0.25) is 4.79 Å². The molecule has 5 heteroatoms. The number of rotatable bonds is 6. The average molecular weight is 380 g/mol. The van der Waals surface area contributed by atoms with Crippen molar-refractivity contribution in [1.82, 2.24) is 0 Å². The molecular weight excluding hydrogens is 360 g/mol. The first-order valence-corrected chi connectivity index (χ1v) is 9.31. The average Bonchev–Trinajstić information content (AvgIpc) is 3.04. The lowest BCUT2D eigenvalue weighted by Crippen LogP contribution is -2.38. The van der Waals surface area contributed by atoms with Gasteiger partial charge in [0.1, 0.15) is 12.0 Å². The first-order valence-electron chi connectivity index (χ1n) is 8.49. The predicted octanol–water partition coefficient (Wildman–Crippen LogP) is 5.33. The van der Waals surface area contributed by atoms with Crippen LogP contribution in [0, 0.1) is 6.92 Å². The quantitative estimate of drug-likeness (QED) is 0.464. The van der Waals surface area contributed by atoms with Crippen LogP contribution in [0.2, 0.25) is 0 Å². The van der Waals surface area contributed by atoms with E-state index < -0.39 is 11.6 Å². The number of aliphatic carboxylic acids is 1. The zero-order valence-corrected chi connectivity index (χ0v) is 16.2. The number of thiophene rings is 1. The number of fused-ring (bicyclic) bond motifs is 1. The predicted molar refractivity (Wildman–Crippen MR) is 109 cm³/mol. The largest absolute Gasteiger partial charge is 0.478 e. The number of benzene rings is 2. The van der Waals surface area contributed by atoms with Gasteiger partial charge in [0, 0.05) is 15.1 Å². The fraction of sp³-hybridized carbons (Fsp3) is 0.182. The highest BCUT2D eigenvalue weighted by Crippen LogP contribution is 2.38. The van der Waals surface area contributed by atoms with Crippen LogP contribution < -0.4 is 4.74 Å². The summed E-state index contributed by atoms with van der Waals surface area (Å²) in [6.07, 6.45) is 3.70. The smallest absolute Gasteiger partial charge is 0.347 e. The van der Waals surface area contributed by atoms with E-state index in [1.807, 2.05) is 31.2 Å². The Labute approximate surface area is 161 Å². The number of carbonyl (C=O) groups is 2. The minimum absolute atomic E-state index is 0.433. The molecular formula is C22H20O4S. The Morgan fingerprint density at radius 1 is 1.19 bits per heavy atom. The molecule has 0 spiro atoms. The van der Waals surface area contributed by atoms with E-state index in [1.165, 1.54) is 30.0 Å². The molecule has 0 bridgehead atoms. The summed E-state index contributed by atoms with van der Waals surface area (Å²) in [5, 5.41) is 10.5. The summed E-state index contributed by atoms with van der Waals surface area (Å²) in [6, 6.07) is 14.1. The highest BCUT2D eigenvalue weighted by Gasteiger charge is 2.30. The van der Waals surface area contributed by atoms with Gasteiger partial charge in [0.25, 0.3) is 0 Å².